The van der Waals surface area contributed by atoms with E-state index >= 15 is 0 Å². The van der Waals surface area contributed by atoms with Gasteiger partial charge in [0, 0.05) is 0 Å². The second-order valence-corrected chi connectivity index (χ2v) is 15.3. The molecule has 0 nitrogen and oxygen atoms in total. The first-order chi connectivity index (χ1) is 15.1. The topological polar surface area (TPSA) is 0 Å². The van der Waals surface area contributed by atoms with Gasteiger partial charge in [-0.15, -0.1) is 6.58 Å². The average Bonchev–Trinajstić information content (AvgIpc) is 2.67. The molecule has 0 aromatic rings. The summed E-state index contributed by atoms with van der Waals surface area (Å²) in [7, 11) is 0. The molecule has 182 valence electrons. The SMILES string of the molecule is C=CC12CCC3C(C(=C)C=C4C3(C)CCC3C(C)(C)C=C(C)CC43C)C1(C)CC(C)(C)CC2. The molecular weight excluding hydrogens is 396 g/mol. The van der Waals surface area contributed by atoms with E-state index in [9.17, 15) is 0 Å². The van der Waals surface area contributed by atoms with Crippen LogP contribution >= 0.6 is 0 Å². The Morgan fingerprint density at radius 3 is 2.27 bits per heavy atom. The third-order valence-electron chi connectivity index (χ3n) is 12.3. The van der Waals surface area contributed by atoms with Crippen LogP contribution in [-0.2, 0) is 0 Å². The molecule has 0 amide bonds. The highest BCUT2D eigenvalue weighted by molar-refractivity contribution is 5.44. The highest BCUT2D eigenvalue weighted by Crippen LogP contribution is 2.75. The molecule has 5 rings (SSSR count). The minimum Gasteiger partial charge on any atom is -0.103 e. The van der Waals surface area contributed by atoms with Crippen LogP contribution < -0.4 is 0 Å². The summed E-state index contributed by atoms with van der Waals surface area (Å²) in [4.78, 5) is 0. The lowest BCUT2D eigenvalue weighted by atomic mass is 9.34. The summed E-state index contributed by atoms with van der Waals surface area (Å²) in [5.41, 5.74) is 6.61. The summed E-state index contributed by atoms with van der Waals surface area (Å²) in [6.45, 7) is 29.6. The van der Waals surface area contributed by atoms with Gasteiger partial charge >= 0.3 is 0 Å². The van der Waals surface area contributed by atoms with Crippen molar-refractivity contribution in [1.82, 2.24) is 0 Å². The molecule has 0 radical (unpaired) electrons. The van der Waals surface area contributed by atoms with E-state index in [1.165, 1.54) is 56.9 Å². The zero-order valence-corrected chi connectivity index (χ0v) is 23.0. The van der Waals surface area contributed by atoms with Crippen molar-refractivity contribution >= 4 is 0 Å². The van der Waals surface area contributed by atoms with Crippen molar-refractivity contribution in [3.63, 3.8) is 0 Å². The van der Waals surface area contributed by atoms with Gasteiger partial charge in [-0.25, -0.2) is 0 Å². The van der Waals surface area contributed by atoms with Crippen LogP contribution in [0.4, 0.5) is 0 Å². The first-order valence-electron chi connectivity index (χ1n) is 13.9. The Morgan fingerprint density at radius 1 is 0.909 bits per heavy atom. The zero-order valence-electron chi connectivity index (χ0n) is 23.0. The molecular formula is C33H50. The predicted molar refractivity (Wildman–Crippen MR) is 143 cm³/mol. The fourth-order valence-electron chi connectivity index (χ4n) is 11.3. The first-order valence-corrected chi connectivity index (χ1v) is 13.9. The highest BCUT2D eigenvalue weighted by atomic mass is 14.7. The Balaban J connectivity index is 1.65. The van der Waals surface area contributed by atoms with E-state index in [-0.39, 0.29) is 21.7 Å². The fraction of sp³-hybridized carbons (Fsp3) is 0.758. The average molecular weight is 447 g/mol. The van der Waals surface area contributed by atoms with E-state index in [0.29, 0.717) is 16.7 Å². The minimum atomic E-state index is 0.265. The van der Waals surface area contributed by atoms with Crippen molar-refractivity contribution in [2.24, 2.45) is 50.2 Å². The van der Waals surface area contributed by atoms with E-state index < -0.39 is 0 Å². The van der Waals surface area contributed by atoms with Crippen LogP contribution in [0.2, 0.25) is 0 Å². The van der Waals surface area contributed by atoms with Gasteiger partial charge in [0.1, 0.15) is 0 Å². The number of hydrogen-bond acceptors (Lipinski definition) is 0. The molecule has 5 aliphatic carbocycles. The van der Waals surface area contributed by atoms with E-state index in [1.54, 1.807) is 11.1 Å². The number of allylic oxidation sites excluding steroid dienone is 6. The molecule has 0 aromatic carbocycles. The van der Waals surface area contributed by atoms with Crippen molar-refractivity contribution in [1.29, 1.82) is 0 Å². The first kappa shape index (κ1) is 23.7. The summed E-state index contributed by atoms with van der Waals surface area (Å²) in [5.74, 6) is 2.05. The highest BCUT2D eigenvalue weighted by Gasteiger charge is 2.66. The van der Waals surface area contributed by atoms with Gasteiger partial charge in [-0.05, 0) is 109 Å². The van der Waals surface area contributed by atoms with Crippen LogP contribution in [0.15, 0.2) is 48.1 Å². The van der Waals surface area contributed by atoms with Crippen LogP contribution in [0.5, 0.6) is 0 Å². The second-order valence-electron chi connectivity index (χ2n) is 15.3. The Kier molecular flexibility index (Phi) is 4.88. The Bertz CT molecular complexity index is 955. The van der Waals surface area contributed by atoms with Crippen molar-refractivity contribution in [3.05, 3.63) is 48.1 Å². The molecule has 7 atom stereocenters. The maximum atomic E-state index is 4.87. The standard InChI is InChI=1S/C33H50/c1-11-33-15-12-24-27(32(33,10)21-28(4,5)16-17-33)23(3)18-26-30(24,8)14-13-25-29(6,7)19-22(2)20-31(25,26)9/h11,18-19,24-25,27H,1,3,12-17,20-21H2,2,4-10H3. The number of hydrogen-bond donors (Lipinski definition) is 0. The Morgan fingerprint density at radius 2 is 1.61 bits per heavy atom. The normalized spacial score (nSPS) is 50.1. The fourth-order valence-corrected chi connectivity index (χ4v) is 11.3. The molecule has 0 aliphatic heterocycles. The number of rotatable bonds is 1. The zero-order chi connectivity index (χ0) is 24.2. The van der Waals surface area contributed by atoms with Gasteiger partial charge in [0.25, 0.3) is 0 Å². The van der Waals surface area contributed by atoms with E-state index in [2.05, 4.69) is 80.2 Å². The van der Waals surface area contributed by atoms with Gasteiger partial charge in [-0.2, -0.15) is 0 Å². The summed E-state index contributed by atoms with van der Waals surface area (Å²) in [6, 6.07) is 0. The maximum Gasteiger partial charge on any atom is -0.00343 e. The molecule has 5 aliphatic rings. The molecule has 0 N–H and O–H groups in total. The summed E-state index contributed by atoms with van der Waals surface area (Å²) in [6.07, 6.45) is 18.2. The van der Waals surface area contributed by atoms with Crippen LogP contribution in [0.3, 0.4) is 0 Å². The maximum absolute atomic E-state index is 4.87. The monoisotopic (exact) mass is 446 g/mol. The quantitative estimate of drug-likeness (QED) is 0.352. The van der Waals surface area contributed by atoms with Crippen LogP contribution in [0, 0.1) is 50.2 Å². The summed E-state index contributed by atoms with van der Waals surface area (Å²) >= 11 is 0. The third-order valence-corrected chi connectivity index (χ3v) is 12.3. The molecule has 0 spiro atoms. The van der Waals surface area contributed by atoms with Gasteiger partial charge in [-0.1, -0.05) is 90.0 Å². The van der Waals surface area contributed by atoms with Gasteiger partial charge in [0.2, 0.25) is 0 Å². The van der Waals surface area contributed by atoms with E-state index in [0.717, 1.165) is 11.8 Å². The lowest BCUT2D eigenvalue weighted by Crippen LogP contribution is -2.61. The van der Waals surface area contributed by atoms with Gasteiger partial charge in [0.05, 0.1) is 0 Å². The lowest BCUT2D eigenvalue weighted by Gasteiger charge is -2.69. The largest absolute Gasteiger partial charge is 0.103 e. The third kappa shape index (κ3) is 2.94. The smallest absolute Gasteiger partial charge is 0.00343 e. The summed E-state index contributed by atoms with van der Waals surface area (Å²) < 4.78 is 0. The van der Waals surface area contributed by atoms with Gasteiger partial charge in [-0.3, -0.25) is 0 Å². The molecule has 7 unspecified atom stereocenters. The van der Waals surface area contributed by atoms with Crippen molar-refractivity contribution in [2.45, 2.75) is 107 Å². The minimum absolute atomic E-state index is 0.265. The molecule has 0 bridgehead atoms. The van der Waals surface area contributed by atoms with Crippen molar-refractivity contribution in [2.75, 3.05) is 0 Å². The van der Waals surface area contributed by atoms with E-state index in [4.69, 9.17) is 6.58 Å². The molecule has 0 heterocycles. The molecule has 0 saturated heterocycles. The van der Waals surface area contributed by atoms with Gasteiger partial charge < -0.3 is 0 Å². The lowest BCUT2D eigenvalue weighted by molar-refractivity contribution is -0.136. The molecule has 33 heavy (non-hydrogen) atoms. The molecule has 0 heteroatoms. The Labute approximate surface area is 205 Å². The summed E-state index contributed by atoms with van der Waals surface area (Å²) in [5, 5.41) is 0. The Hall–Kier alpha value is -1.04. The molecule has 3 saturated carbocycles. The van der Waals surface area contributed by atoms with Crippen LogP contribution in [-0.4, -0.2) is 0 Å². The van der Waals surface area contributed by atoms with Crippen molar-refractivity contribution in [3.8, 4) is 0 Å². The molecule has 0 aromatic heterocycles. The predicted octanol–water partition coefficient (Wildman–Crippen LogP) is 9.70. The van der Waals surface area contributed by atoms with Crippen LogP contribution in [0.25, 0.3) is 0 Å². The second kappa shape index (κ2) is 6.79. The van der Waals surface area contributed by atoms with Crippen LogP contribution in [0.1, 0.15) is 107 Å². The van der Waals surface area contributed by atoms with Gasteiger partial charge in [0.15, 0.2) is 0 Å². The molecule has 3 fully saturated rings. The number of fused-ring (bicyclic) bond motifs is 7. The van der Waals surface area contributed by atoms with E-state index in [1.807, 2.05) is 0 Å². The van der Waals surface area contributed by atoms with Crippen molar-refractivity contribution < 1.29 is 0 Å².